The van der Waals surface area contributed by atoms with E-state index in [1.165, 1.54) is 12.1 Å². The van der Waals surface area contributed by atoms with Crippen molar-refractivity contribution in [2.24, 2.45) is 0 Å². The van der Waals surface area contributed by atoms with Crippen molar-refractivity contribution in [3.63, 3.8) is 0 Å². The van der Waals surface area contributed by atoms with Gasteiger partial charge in [-0.05, 0) is 44.0 Å². The Bertz CT molecular complexity index is 1170. The molecule has 182 valence electrons. The summed E-state index contributed by atoms with van der Waals surface area (Å²) in [7, 11) is -3.48. The average molecular weight is 489 g/mol. The van der Waals surface area contributed by atoms with Crippen molar-refractivity contribution in [1.29, 1.82) is 0 Å². The van der Waals surface area contributed by atoms with Crippen LogP contribution in [0.1, 0.15) is 37.9 Å². The number of cyclic esters (lactones) is 1. The number of imide groups is 1. The van der Waals surface area contributed by atoms with E-state index in [0.29, 0.717) is 11.1 Å². The number of benzene rings is 2. The van der Waals surface area contributed by atoms with E-state index < -0.39 is 45.6 Å². The second-order valence-electron chi connectivity index (χ2n) is 9.03. The summed E-state index contributed by atoms with van der Waals surface area (Å²) >= 11 is 0. The van der Waals surface area contributed by atoms with Gasteiger partial charge < -0.3 is 14.8 Å². The zero-order chi connectivity index (χ0) is 25.1. The fourth-order valence-electron chi connectivity index (χ4n) is 3.54. The summed E-state index contributed by atoms with van der Waals surface area (Å²) in [5.41, 5.74) is 0.380. The topological polar surface area (TPSA) is 119 Å². The molecule has 2 atom stereocenters. The summed E-state index contributed by atoms with van der Waals surface area (Å²) in [5.74, 6) is -0.688. The van der Waals surface area contributed by atoms with Crippen LogP contribution >= 0.6 is 0 Å². The molecular formula is C24H28N2O7S. The number of rotatable bonds is 6. The van der Waals surface area contributed by atoms with Crippen LogP contribution in [0.3, 0.4) is 0 Å². The highest BCUT2D eigenvalue weighted by Gasteiger charge is 2.42. The number of nitrogens with zero attached hydrogens (tertiary/aromatic N) is 1. The number of ether oxygens (including phenoxy) is 2. The predicted octanol–water partition coefficient (Wildman–Crippen LogP) is 3.25. The van der Waals surface area contributed by atoms with Gasteiger partial charge >= 0.3 is 12.2 Å². The molecule has 3 rings (SSSR count). The lowest BCUT2D eigenvalue weighted by atomic mass is 10.0. The minimum absolute atomic E-state index is 0.0166. The molecule has 1 aliphatic rings. The smallest absolute Gasteiger partial charge is 0.417 e. The molecule has 1 fully saturated rings. The van der Waals surface area contributed by atoms with Crippen molar-refractivity contribution in [1.82, 2.24) is 10.2 Å². The lowest BCUT2D eigenvalue weighted by molar-refractivity contribution is -0.131. The average Bonchev–Trinajstić information content (AvgIpc) is 3.13. The van der Waals surface area contributed by atoms with Crippen molar-refractivity contribution >= 4 is 27.9 Å². The Hall–Kier alpha value is -3.40. The van der Waals surface area contributed by atoms with Crippen LogP contribution in [0.4, 0.5) is 9.59 Å². The number of amides is 3. The van der Waals surface area contributed by atoms with Gasteiger partial charge in [-0.2, -0.15) is 0 Å². The third-order valence-corrected chi connectivity index (χ3v) is 6.16. The van der Waals surface area contributed by atoms with Gasteiger partial charge in [0.2, 0.25) is 0 Å². The molecule has 3 amide bonds. The Labute approximate surface area is 199 Å². The number of carbonyl (C=O) groups excluding carboxylic acids is 3. The van der Waals surface area contributed by atoms with Gasteiger partial charge in [-0.3, -0.25) is 4.79 Å². The molecule has 10 heteroatoms. The van der Waals surface area contributed by atoms with Crippen LogP contribution in [0.2, 0.25) is 0 Å². The molecule has 9 nitrogen and oxygen atoms in total. The molecule has 1 heterocycles. The molecule has 0 saturated carbocycles. The van der Waals surface area contributed by atoms with Crippen LogP contribution in [0.25, 0.3) is 0 Å². The Balaban J connectivity index is 1.93. The minimum atomic E-state index is -3.48. The summed E-state index contributed by atoms with van der Waals surface area (Å²) in [5, 5.41) is 2.54. The summed E-state index contributed by atoms with van der Waals surface area (Å²) in [6, 6.07) is 13.1. The Kier molecular flexibility index (Phi) is 7.30. The molecule has 0 bridgehead atoms. The zero-order valence-electron chi connectivity index (χ0n) is 19.5. The Morgan fingerprint density at radius 1 is 1.15 bits per heavy atom. The lowest BCUT2D eigenvalue weighted by Gasteiger charge is -2.27. The van der Waals surface area contributed by atoms with E-state index in [9.17, 15) is 22.8 Å². The molecule has 2 aromatic carbocycles. The first-order chi connectivity index (χ1) is 15.8. The van der Waals surface area contributed by atoms with E-state index in [0.717, 1.165) is 11.2 Å². The highest BCUT2D eigenvalue weighted by molar-refractivity contribution is 7.90. The number of hydrogen-bond donors (Lipinski definition) is 1. The summed E-state index contributed by atoms with van der Waals surface area (Å²) in [6.45, 7) is 5.03. The van der Waals surface area contributed by atoms with Crippen LogP contribution < -0.4 is 5.32 Å². The predicted molar refractivity (Wildman–Crippen MR) is 124 cm³/mol. The fraction of sp³-hybridized carbons (Fsp3) is 0.375. The fourth-order valence-corrected chi connectivity index (χ4v) is 4.23. The first kappa shape index (κ1) is 25.2. The maximum atomic E-state index is 13.6. The second kappa shape index (κ2) is 9.84. The van der Waals surface area contributed by atoms with Crippen molar-refractivity contribution in [3.8, 4) is 0 Å². The third kappa shape index (κ3) is 6.34. The van der Waals surface area contributed by atoms with E-state index in [1.807, 2.05) is 6.07 Å². The van der Waals surface area contributed by atoms with Gasteiger partial charge in [0.15, 0.2) is 9.84 Å². The number of nitrogens with one attached hydrogen (secondary N) is 1. The third-order valence-electron chi connectivity index (χ3n) is 5.05. The van der Waals surface area contributed by atoms with Crippen LogP contribution in [-0.2, 0) is 30.5 Å². The van der Waals surface area contributed by atoms with Crippen molar-refractivity contribution in [3.05, 3.63) is 65.7 Å². The molecule has 2 aromatic rings. The molecule has 1 saturated heterocycles. The largest absolute Gasteiger partial charge is 0.446 e. The molecule has 0 aromatic heterocycles. The highest BCUT2D eigenvalue weighted by atomic mass is 32.2. The van der Waals surface area contributed by atoms with Crippen LogP contribution in [0.15, 0.2) is 59.5 Å². The van der Waals surface area contributed by atoms with Gasteiger partial charge in [0.1, 0.15) is 24.3 Å². The number of hydrogen-bond acceptors (Lipinski definition) is 7. The summed E-state index contributed by atoms with van der Waals surface area (Å²) in [4.78, 5) is 39.7. The van der Waals surface area contributed by atoms with E-state index in [4.69, 9.17) is 9.47 Å². The molecule has 1 N–H and O–H groups in total. The maximum Gasteiger partial charge on any atom is 0.417 e. The Morgan fingerprint density at radius 2 is 1.82 bits per heavy atom. The van der Waals surface area contributed by atoms with Gasteiger partial charge in [-0.1, -0.05) is 42.5 Å². The molecule has 34 heavy (non-hydrogen) atoms. The van der Waals surface area contributed by atoms with Gasteiger partial charge in [-0.15, -0.1) is 0 Å². The van der Waals surface area contributed by atoms with E-state index in [1.54, 1.807) is 57.2 Å². The van der Waals surface area contributed by atoms with Crippen LogP contribution in [-0.4, -0.2) is 55.9 Å². The van der Waals surface area contributed by atoms with E-state index >= 15 is 0 Å². The minimum Gasteiger partial charge on any atom is -0.446 e. The van der Waals surface area contributed by atoms with Crippen LogP contribution in [0, 0.1) is 0 Å². The van der Waals surface area contributed by atoms with Crippen molar-refractivity contribution in [2.45, 2.75) is 49.8 Å². The molecular weight excluding hydrogens is 460 g/mol. The Morgan fingerprint density at radius 3 is 2.44 bits per heavy atom. The standard InChI is InChI=1S/C24H28N2O7S/c1-24(2,3)33-22(28)25-19(14-16-9-8-12-18(13-16)34(4,30)31)21(27)26-20(15-32-23(26)29)17-10-6-5-7-11-17/h5-13,19-20H,14-15H2,1-4H3,(H,25,28)/t19-,20?/m0/s1. The molecule has 0 spiro atoms. The number of alkyl carbamates (subject to hydrolysis) is 1. The van der Waals surface area contributed by atoms with Gasteiger partial charge in [-0.25, -0.2) is 22.9 Å². The first-order valence-electron chi connectivity index (χ1n) is 10.7. The van der Waals surface area contributed by atoms with Crippen molar-refractivity contribution in [2.75, 3.05) is 12.9 Å². The SMILES string of the molecule is CC(C)(C)OC(=O)N[C@@H](Cc1cccc(S(C)(=O)=O)c1)C(=O)N1C(=O)OCC1c1ccccc1. The molecule has 1 aliphatic heterocycles. The summed E-state index contributed by atoms with van der Waals surface area (Å²) < 4.78 is 34.4. The normalized spacial score (nSPS) is 17.1. The van der Waals surface area contributed by atoms with Gasteiger partial charge in [0, 0.05) is 12.7 Å². The molecule has 0 aliphatic carbocycles. The van der Waals surface area contributed by atoms with E-state index in [-0.39, 0.29) is 17.9 Å². The van der Waals surface area contributed by atoms with Crippen molar-refractivity contribution < 1.29 is 32.3 Å². The highest BCUT2D eigenvalue weighted by Crippen LogP contribution is 2.29. The van der Waals surface area contributed by atoms with Gasteiger partial charge in [0.25, 0.3) is 5.91 Å². The van der Waals surface area contributed by atoms with Crippen LogP contribution in [0.5, 0.6) is 0 Å². The number of sulfone groups is 1. The summed E-state index contributed by atoms with van der Waals surface area (Å²) in [6.07, 6.45) is -0.640. The monoisotopic (exact) mass is 488 g/mol. The molecule has 1 unspecified atom stereocenters. The second-order valence-corrected chi connectivity index (χ2v) is 11.0. The van der Waals surface area contributed by atoms with E-state index in [2.05, 4.69) is 5.32 Å². The first-order valence-corrected chi connectivity index (χ1v) is 12.6. The zero-order valence-corrected chi connectivity index (χ0v) is 20.3. The lowest BCUT2D eigenvalue weighted by Crippen LogP contribution is -2.51. The molecule has 0 radical (unpaired) electrons. The number of carbonyl (C=O) groups is 3. The maximum absolute atomic E-state index is 13.6. The quantitative estimate of drug-likeness (QED) is 0.663. The van der Waals surface area contributed by atoms with Gasteiger partial charge in [0.05, 0.1) is 4.90 Å².